The van der Waals surface area contributed by atoms with E-state index in [2.05, 4.69) is 34.1 Å². The molecule has 1 N–H and O–H groups in total. The van der Waals surface area contributed by atoms with Crippen molar-refractivity contribution in [3.05, 3.63) is 36.3 Å². The van der Waals surface area contributed by atoms with Gasteiger partial charge < -0.3 is 10.2 Å². The third-order valence-electron chi connectivity index (χ3n) is 4.22. The topological polar surface area (TPSA) is 53.9 Å². The highest BCUT2D eigenvalue weighted by molar-refractivity contribution is 5.57. The largest absolute Gasteiger partial charge is 0.433 e. The van der Waals surface area contributed by atoms with E-state index in [1.54, 1.807) is 12.1 Å². The lowest BCUT2D eigenvalue weighted by Crippen LogP contribution is -2.41. The average molecular weight is 367 g/mol. The summed E-state index contributed by atoms with van der Waals surface area (Å²) in [7, 11) is 3.92. The molecule has 0 amide bonds. The maximum atomic E-state index is 13.3. The van der Waals surface area contributed by atoms with Crippen LogP contribution in [0, 0.1) is 5.41 Å². The molecule has 0 spiro atoms. The van der Waals surface area contributed by atoms with Crippen LogP contribution in [0.25, 0.3) is 11.4 Å². The Morgan fingerprint density at radius 3 is 2.27 bits per heavy atom. The molecule has 26 heavy (non-hydrogen) atoms. The van der Waals surface area contributed by atoms with E-state index < -0.39 is 11.9 Å². The highest BCUT2D eigenvalue weighted by atomic mass is 19.4. The van der Waals surface area contributed by atoms with Crippen LogP contribution < -0.4 is 5.32 Å². The number of hydrogen-bond acceptors (Lipinski definition) is 5. The summed E-state index contributed by atoms with van der Waals surface area (Å²) in [6.07, 6.45) is -1.56. The number of pyridine rings is 1. The van der Waals surface area contributed by atoms with Crippen LogP contribution in [0.2, 0.25) is 0 Å². The number of anilines is 1. The Kier molecular flexibility index (Phi) is 5.85. The number of rotatable bonds is 6. The minimum absolute atomic E-state index is 0.0161. The summed E-state index contributed by atoms with van der Waals surface area (Å²) in [5, 5.41) is 3.12. The number of aromatic nitrogens is 3. The van der Waals surface area contributed by atoms with Gasteiger partial charge in [0.15, 0.2) is 11.5 Å². The van der Waals surface area contributed by atoms with E-state index in [1.807, 2.05) is 25.9 Å². The van der Waals surface area contributed by atoms with Gasteiger partial charge in [0.1, 0.15) is 5.82 Å². The number of nitrogens with zero attached hydrogens (tertiary/aromatic N) is 4. The first-order valence-electron chi connectivity index (χ1n) is 8.27. The van der Waals surface area contributed by atoms with Gasteiger partial charge in [-0.15, -0.1) is 0 Å². The van der Waals surface area contributed by atoms with Crippen molar-refractivity contribution in [3.63, 3.8) is 0 Å². The fourth-order valence-corrected chi connectivity index (χ4v) is 2.67. The predicted octanol–water partition coefficient (Wildman–Crippen LogP) is 3.95. The highest BCUT2D eigenvalue weighted by Gasteiger charge is 2.34. The first kappa shape index (κ1) is 20.1. The van der Waals surface area contributed by atoms with E-state index in [0.29, 0.717) is 5.56 Å². The molecule has 2 aromatic heterocycles. The van der Waals surface area contributed by atoms with Crippen molar-refractivity contribution in [3.8, 4) is 11.4 Å². The lowest BCUT2D eigenvalue weighted by atomic mass is 9.85. The SMILES string of the molecule is CC(Nc1cc(C(F)(F)F)nc(-c2ccncc2)n1)C(C)(C)CN(C)C. The fourth-order valence-electron chi connectivity index (χ4n) is 2.67. The Hall–Kier alpha value is -2.22. The summed E-state index contributed by atoms with van der Waals surface area (Å²) >= 11 is 0. The summed E-state index contributed by atoms with van der Waals surface area (Å²) in [6.45, 7) is 6.82. The van der Waals surface area contributed by atoms with Crippen LogP contribution in [0.3, 0.4) is 0 Å². The summed E-state index contributed by atoms with van der Waals surface area (Å²) in [4.78, 5) is 13.9. The molecule has 0 aromatic carbocycles. The molecule has 1 unspecified atom stereocenters. The second kappa shape index (κ2) is 7.57. The van der Waals surface area contributed by atoms with E-state index in [-0.39, 0.29) is 23.1 Å². The lowest BCUT2D eigenvalue weighted by molar-refractivity contribution is -0.141. The fraction of sp³-hybridized carbons (Fsp3) is 0.500. The summed E-state index contributed by atoms with van der Waals surface area (Å²) in [5.74, 6) is 0.167. The van der Waals surface area contributed by atoms with Crippen molar-refractivity contribution in [2.75, 3.05) is 26.0 Å². The van der Waals surface area contributed by atoms with Crippen molar-refractivity contribution >= 4 is 5.82 Å². The standard InChI is InChI=1S/C18H24F3N5/c1-12(17(2,3)11-26(4)5)23-15-10-14(18(19,20)21)24-16(25-15)13-6-8-22-9-7-13/h6-10,12H,11H2,1-5H3,(H,23,24,25). The molecule has 5 nitrogen and oxygen atoms in total. The van der Waals surface area contributed by atoms with Crippen LogP contribution in [-0.2, 0) is 6.18 Å². The Bertz CT molecular complexity index is 729. The summed E-state index contributed by atoms with van der Waals surface area (Å²) < 4.78 is 39.8. The van der Waals surface area contributed by atoms with Crippen molar-refractivity contribution in [1.29, 1.82) is 0 Å². The molecule has 0 saturated heterocycles. The lowest BCUT2D eigenvalue weighted by Gasteiger charge is -2.35. The molecule has 0 fully saturated rings. The van der Waals surface area contributed by atoms with E-state index in [9.17, 15) is 13.2 Å². The molecule has 0 bridgehead atoms. The van der Waals surface area contributed by atoms with Gasteiger partial charge in [-0.2, -0.15) is 13.2 Å². The van der Waals surface area contributed by atoms with Crippen molar-refractivity contribution in [1.82, 2.24) is 19.9 Å². The van der Waals surface area contributed by atoms with Gasteiger partial charge in [-0.05, 0) is 38.6 Å². The maximum Gasteiger partial charge on any atom is 0.433 e. The van der Waals surface area contributed by atoms with Crippen molar-refractivity contribution in [2.24, 2.45) is 5.41 Å². The molecule has 2 rings (SSSR count). The van der Waals surface area contributed by atoms with Gasteiger partial charge in [0.2, 0.25) is 0 Å². The molecule has 2 heterocycles. The third-order valence-corrected chi connectivity index (χ3v) is 4.22. The van der Waals surface area contributed by atoms with E-state index in [4.69, 9.17) is 0 Å². The molecule has 142 valence electrons. The minimum atomic E-state index is -4.55. The van der Waals surface area contributed by atoms with E-state index in [0.717, 1.165) is 12.6 Å². The van der Waals surface area contributed by atoms with Crippen LogP contribution in [0.15, 0.2) is 30.6 Å². The highest BCUT2D eigenvalue weighted by Crippen LogP contribution is 2.32. The smallest absolute Gasteiger partial charge is 0.367 e. The Morgan fingerprint density at radius 2 is 1.73 bits per heavy atom. The van der Waals surface area contributed by atoms with Gasteiger partial charge in [-0.25, -0.2) is 9.97 Å². The summed E-state index contributed by atoms with van der Waals surface area (Å²) in [5.41, 5.74) is -0.669. The van der Waals surface area contributed by atoms with Crippen LogP contribution in [0.1, 0.15) is 26.5 Å². The zero-order valence-corrected chi connectivity index (χ0v) is 15.6. The van der Waals surface area contributed by atoms with Gasteiger partial charge in [-0.3, -0.25) is 4.98 Å². The first-order chi connectivity index (χ1) is 12.0. The number of hydrogen-bond donors (Lipinski definition) is 1. The first-order valence-corrected chi connectivity index (χ1v) is 8.27. The monoisotopic (exact) mass is 367 g/mol. The van der Waals surface area contributed by atoms with Gasteiger partial charge >= 0.3 is 6.18 Å². The van der Waals surface area contributed by atoms with Crippen molar-refractivity contribution < 1.29 is 13.2 Å². The molecule has 8 heteroatoms. The van der Waals surface area contributed by atoms with Gasteiger partial charge in [0, 0.05) is 36.6 Å². The Labute approximate surface area is 151 Å². The summed E-state index contributed by atoms with van der Waals surface area (Å²) in [6, 6.07) is 4.01. The zero-order valence-electron chi connectivity index (χ0n) is 15.6. The molecule has 2 aromatic rings. The number of nitrogens with one attached hydrogen (secondary N) is 1. The number of alkyl halides is 3. The van der Waals surface area contributed by atoms with Crippen LogP contribution in [-0.4, -0.2) is 46.5 Å². The molecule has 0 radical (unpaired) electrons. The molecular weight excluding hydrogens is 343 g/mol. The second-order valence-electron chi connectivity index (χ2n) is 7.29. The van der Waals surface area contributed by atoms with Gasteiger partial charge in [0.05, 0.1) is 0 Å². The predicted molar refractivity (Wildman–Crippen MR) is 95.7 cm³/mol. The zero-order chi connectivity index (χ0) is 19.5. The van der Waals surface area contributed by atoms with E-state index >= 15 is 0 Å². The second-order valence-corrected chi connectivity index (χ2v) is 7.29. The molecule has 0 aliphatic carbocycles. The molecule has 1 atom stereocenters. The third kappa shape index (κ3) is 5.14. The van der Waals surface area contributed by atoms with Crippen LogP contribution >= 0.6 is 0 Å². The normalized spacial score (nSPS) is 13.7. The van der Waals surface area contributed by atoms with Crippen molar-refractivity contribution in [2.45, 2.75) is 33.0 Å². The maximum absolute atomic E-state index is 13.3. The molecule has 0 saturated carbocycles. The Balaban J connectivity index is 2.39. The van der Waals surface area contributed by atoms with Gasteiger partial charge in [0.25, 0.3) is 0 Å². The molecule has 0 aliphatic heterocycles. The van der Waals surface area contributed by atoms with Gasteiger partial charge in [-0.1, -0.05) is 13.8 Å². The molecular formula is C18H24F3N5. The average Bonchev–Trinajstić information content (AvgIpc) is 2.53. The van der Waals surface area contributed by atoms with Crippen LogP contribution in [0.4, 0.5) is 19.0 Å². The molecule has 0 aliphatic rings. The van der Waals surface area contributed by atoms with E-state index in [1.165, 1.54) is 12.4 Å². The quantitative estimate of drug-likeness (QED) is 0.838. The minimum Gasteiger partial charge on any atom is -0.367 e. The Morgan fingerprint density at radius 1 is 1.12 bits per heavy atom. The van der Waals surface area contributed by atoms with Crippen LogP contribution in [0.5, 0.6) is 0 Å². The number of halogens is 3.